The Balaban J connectivity index is 1.82. The normalized spacial score (nSPS) is 20.3. The lowest BCUT2D eigenvalue weighted by Crippen LogP contribution is -2.43. The van der Waals surface area contributed by atoms with Gasteiger partial charge in [-0.3, -0.25) is 4.79 Å². The standard InChI is InChI=1S/C27H39F3N2O4/c1-25(2,3)35-23(33)18-11-14-31(15-12-18)22-16-20(27(28,29)30)9-10-21(22)19-8-7-13-32(17-19)24(34)36-26(4,5)6/h9-10,16,18-19H,7-8,11-15,17H2,1-6H3. The maximum atomic E-state index is 13.6. The Bertz CT molecular complexity index is 942. The van der Waals surface area contributed by atoms with Crippen molar-refractivity contribution in [2.45, 2.75) is 90.5 Å². The molecule has 202 valence electrons. The van der Waals surface area contributed by atoms with Crippen molar-refractivity contribution in [2.24, 2.45) is 5.92 Å². The second-order valence-corrected chi connectivity index (χ2v) is 11.8. The van der Waals surface area contributed by atoms with E-state index in [0.29, 0.717) is 44.7 Å². The molecule has 36 heavy (non-hydrogen) atoms. The number of nitrogens with zero attached hydrogens (tertiary/aromatic N) is 2. The third kappa shape index (κ3) is 7.53. The quantitative estimate of drug-likeness (QED) is 0.440. The van der Waals surface area contributed by atoms with Gasteiger partial charge in [0.1, 0.15) is 11.2 Å². The van der Waals surface area contributed by atoms with Crippen molar-refractivity contribution < 1.29 is 32.2 Å². The average molecular weight is 513 g/mol. The lowest BCUT2D eigenvalue weighted by Gasteiger charge is -2.38. The minimum atomic E-state index is -4.46. The van der Waals surface area contributed by atoms with Crippen LogP contribution in [0.4, 0.5) is 23.7 Å². The summed E-state index contributed by atoms with van der Waals surface area (Å²) in [6.45, 7) is 12.7. The Kier molecular flexibility index (Phi) is 8.20. The Morgan fingerprint density at radius 2 is 1.50 bits per heavy atom. The number of hydrogen-bond acceptors (Lipinski definition) is 5. The summed E-state index contributed by atoms with van der Waals surface area (Å²) in [4.78, 5) is 28.8. The van der Waals surface area contributed by atoms with Crippen LogP contribution in [-0.4, -0.2) is 54.3 Å². The number of amides is 1. The summed E-state index contributed by atoms with van der Waals surface area (Å²) in [6.07, 6.45) is -2.33. The zero-order valence-corrected chi connectivity index (χ0v) is 22.2. The van der Waals surface area contributed by atoms with Crippen molar-refractivity contribution in [1.29, 1.82) is 0 Å². The molecule has 2 saturated heterocycles. The van der Waals surface area contributed by atoms with Gasteiger partial charge >= 0.3 is 18.2 Å². The van der Waals surface area contributed by atoms with Gasteiger partial charge in [-0.25, -0.2) is 4.79 Å². The molecule has 0 N–H and O–H groups in total. The fraction of sp³-hybridized carbons (Fsp3) is 0.704. The molecule has 2 heterocycles. The number of benzene rings is 1. The molecule has 1 atom stereocenters. The molecule has 3 rings (SSSR count). The molecule has 0 aromatic heterocycles. The van der Waals surface area contributed by atoms with E-state index in [1.165, 1.54) is 6.07 Å². The molecule has 1 aromatic carbocycles. The third-order valence-corrected chi connectivity index (χ3v) is 6.45. The molecule has 0 radical (unpaired) electrons. The smallest absolute Gasteiger partial charge is 0.416 e. The summed E-state index contributed by atoms with van der Waals surface area (Å²) in [5.41, 5.74) is -0.573. The molecular formula is C27H39F3N2O4. The van der Waals surface area contributed by atoms with Crippen LogP contribution in [0.2, 0.25) is 0 Å². The molecule has 0 spiro atoms. The first-order chi connectivity index (χ1) is 16.5. The number of likely N-dealkylation sites (tertiary alicyclic amines) is 1. The van der Waals surface area contributed by atoms with Crippen molar-refractivity contribution in [3.63, 3.8) is 0 Å². The van der Waals surface area contributed by atoms with E-state index in [-0.39, 0.29) is 17.8 Å². The molecule has 1 unspecified atom stereocenters. The van der Waals surface area contributed by atoms with Crippen LogP contribution in [0.5, 0.6) is 0 Å². The predicted molar refractivity (Wildman–Crippen MR) is 132 cm³/mol. The van der Waals surface area contributed by atoms with Gasteiger partial charge in [0, 0.05) is 37.8 Å². The highest BCUT2D eigenvalue weighted by Crippen LogP contribution is 2.40. The van der Waals surface area contributed by atoms with E-state index in [2.05, 4.69) is 0 Å². The molecule has 6 nitrogen and oxygen atoms in total. The highest BCUT2D eigenvalue weighted by atomic mass is 19.4. The zero-order chi connectivity index (χ0) is 26.9. The van der Waals surface area contributed by atoms with E-state index in [4.69, 9.17) is 9.47 Å². The summed E-state index contributed by atoms with van der Waals surface area (Å²) in [7, 11) is 0. The van der Waals surface area contributed by atoms with Crippen molar-refractivity contribution in [1.82, 2.24) is 4.90 Å². The molecule has 1 amide bonds. The van der Waals surface area contributed by atoms with Gasteiger partial charge in [-0.05, 0) is 84.9 Å². The monoisotopic (exact) mass is 512 g/mol. The van der Waals surface area contributed by atoms with Gasteiger partial charge in [0.2, 0.25) is 0 Å². The van der Waals surface area contributed by atoms with Gasteiger partial charge in [-0.1, -0.05) is 6.07 Å². The molecular weight excluding hydrogens is 473 g/mol. The van der Waals surface area contributed by atoms with Crippen molar-refractivity contribution >= 4 is 17.7 Å². The van der Waals surface area contributed by atoms with Gasteiger partial charge in [0.05, 0.1) is 11.5 Å². The lowest BCUT2D eigenvalue weighted by molar-refractivity contribution is -0.160. The Morgan fingerprint density at radius 1 is 0.889 bits per heavy atom. The van der Waals surface area contributed by atoms with Crippen LogP contribution in [0.1, 0.15) is 84.3 Å². The van der Waals surface area contributed by atoms with Crippen LogP contribution in [0.15, 0.2) is 18.2 Å². The number of hydrogen-bond donors (Lipinski definition) is 0. The van der Waals surface area contributed by atoms with Crippen LogP contribution in [-0.2, 0) is 20.4 Å². The number of halogens is 3. The number of ether oxygens (including phenoxy) is 2. The van der Waals surface area contributed by atoms with E-state index in [9.17, 15) is 22.8 Å². The topological polar surface area (TPSA) is 59.1 Å². The van der Waals surface area contributed by atoms with Crippen LogP contribution in [0.3, 0.4) is 0 Å². The minimum Gasteiger partial charge on any atom is -0.460 e. The Hall–Kier alpha value is -2.45. The van der Waals surface area contributed by atoms with Gasteiger partial charge in [-0.15, -0.1) is 0 Å². The summed E-state index contributed by atoms with van der Waals surface area (Å²) < 4.78 is 51.9. The third-order valence-electron chi connectivity index (χ3n) is 6.45. The molecule has 0 saturated carbocycles. The molecule has 2 fully saturated rings. The summed E-state index contributed by atoms with van der Waals surface area (Å²) in [5, 5.41) is 0. The van der Waals surface area contributed by atoms with Gasteiger partial charge in [0.15, 0.2) is 0 Å². The number of carbonyl (C=O) groups excluding carboxylic acids is 2. The lowest BCUT2D eigenvalue weighted by atomic mass is 9.87. The van der Waals surface area contributed by atoms with Crippen LogP contribution >= 0.6 is 0 Å². The largest absolute Gasteiger partial charge is 0.460 e. The first-order valence-electron chi connectivity index (χ1n) is 12.7. The first-order valence-corrected chi connectivity index (χ1v) is 12.7. The van der Waals surface area contributed by atoms with E-state index < -0.39 is 29.0 Å². The molecule has 0 bridgehead atoms. The molecule has 1 aromatic rings. The van der Waals surface area contributed by atoms with Crippen molar-refractivity contribution in [3.8, 4) is 0 Å². The van der Waals surface area contributed by atoms with Crippen molar-refractivity contribution in [3.05, 3.63) is 29.3 Å². The van der Waals surface area contributed by atoms with Crippen LogP contribution in [0, 0.1) is 5.92 Å². The average Bonchev–Trinajstić information content (AvgIpc) is 2.76. The number of carbonyl (C=O) groups is 2. The fourth-order valence-electron chi connectivity index (χ4n) is 4.80. The molecule has 0 aliphatic carbocycles. The zero-order valence-electron chi connectivity index (χ0n) is 22.2. The second-order valence-electron chi connectivity index (χ2n) is 11.8. The maximum Gasteiger partial charge on any atom is 0.416 e. The highest BCUT2D eigenvalue weighted by Gasteiger charge is 2.36. The number of rotatable bonds is 3. The van der Waals surface area contributed by atoms with E-state index in [1.807, 2.05) is 25.7 Å². The first kappa shape index (κ1) is 28.1. The van der Waals surface area contributed by atoms with Crippen LogP contribution in [0.25, 0.3) is 0 Å². The van der Waals surface area contributed by atoms with Crippen molar-refractivity contribution in [2.75, 3.05) is 31.1 Å². The fourth-order valence-corrected chi connectivity index (χ4v) is 4.80. The summed E-state index contributed by atoms with van der Waals surface area (Å²) >= 11 is 0. The van der Waals surface area contributed by atoms with E-state index >= 15 is 0 Å². The number of piperidine rings is 2. The Labute approximate surface area is 212 Å². The molecule has 9 heteroatoms. The Morgan fingerprint density at radius 3 is 2.06 bits per heavy atom. The van der Waals surface area contributed by atoms with E-state index in [1.54, 1.807) is 31.7 Å². The van der Waals surface area contributed by atoms with Gasteiger partial charge in [-0.2, -0.15) is 13.2 Å². The summed E-state index contributed by atoms with van der Waals surface area (Å²) in [6, 6.07) is 3.90. The highest BCUT2D eigenvalue weighted by molar-refractivity contribution is 5.73. The summed E-state index contributed by atoms with van der Waals surface area (Å²) in [5.74, 6) is -0.633. The number of esters is 1. The molecule has 2 aliphatic heterocycles. The second kappa shape index (κ2) is 10.5. The predicted octanol–water partition coefficient (Wildman–Crippen LogP) is 6.38. The maximum absolute atomic E-state index is 13.6. The van der Waals surface area contributed by atoms with Gasteiger partial charge in [0.25, 0.3) is 0 Å². The van der Waals surface area contributed by atoms with Crippen LogP contribution < -0.4 is 4.90 Å². The SMILES string of the molecule is CC(C)(C)OC(=O)C1CCN(c2cc(C(F)(F)F)ccc2C2CCCN(C(=O)OC(C)(C)C)C2)CC1. The van der Waals surface area contributed by atoms with E-state index in [0.717, 1.165) is 24.5 Å². The number of alkyl halides is 3. The number of anilines is 1. The van der Waals surface area contributed by atoms with Gasteiger partial charge < -0.3 is 19.3 Å². The molecule has 2 aliphatic rings. The minimum absolute atomic E-state index is 0.105.